The molecular weight excluding hydrogens is 1460 g/mol. The zero-order valence-corrected chi connectivity index (χ0v) is 65.5. The van der Waals surface area contributed by atoms with Gasteiger partial charge in [-0.1, -0.05) is 0 Å². The number of carbonyl (C=O) groups is 4. The molecular formula is C70H130N10O30. The summed E-state index contributed by atoms with van der Waals surface area (Å²) in [7, 11) is 6.34. The molecule has 40 nitrogen and oxygen atoms in total. The van der Waals surface area contributed by atoms with Crippen LogP contribution in [0.25, 0.3) is 0 Å². The Morgan fingerprint density at radius 3 is 0.600 bits per heavy atom. The first-order chi connectivity index (χ1) is 54.0. The Kier molecular flexibility index (Phi) is 74.8. The molecule has 0 atom stereocenters. The van der Waals surface area contributed by atoms with Gasteiger partial charge in [-0.3, -0.25) is 19.2 Å². The number of aromatic nitrogens is 4. The van der Waals surface area contributed by atoms with Crippen LogP contribution >= 0.6 is 0 Å². The van der Waals surface area contributed by atoms with Crippen LogP contribution in [-0.2, 0) is 123 Å². The number of nitrogens with one attached hydrogen (secondary N) is 2. The van der Waals surface area contributed by atoms with Crippen molar-refractivity contribution in [2.24, 2.45) is 0 Å². The lowest BCUT2D eigenvalue weighted by Gasteiger charge is -2.10. The number of ketones is 2. The summed E-state index contributed by atoms with van der Waals surface area (Å²) in [5.41, 5.74) is 23.0. The van der Waals surface area contributed by atoms with Crippen LogP contribution in [0.3, 0.4) is 0 Å². The van der Waals surface area contributed by atoms with E-state index in [9.17, 15) is 19.2 Å². The number of rotatable bonds is 84. The standard InChI is InChI=1S/C57H109N5O26.C13H21N5O4/c1-65-8-10-69-16-18-73-24-26-77-32-34-81-40-42-85-48-50-87-46-44-83-38-36-79-30-28-75-22-20-71-14-12-67-6-3-4-52(63)53-55(58)62-54(56(59)61-53)57(64)60-5-7-68-13-15-72-21-23-76-29-31-80-37-39-84-45-47-88-51-49-86-43-41-82-35-33-78-27-25-74-19-17-70-11-9-66-2;1-21-6-3-4-8(19)9-11(14)18-10(12(15)17-9)13(20)16-5-7-22-2/h3-51H2,1-2H3,(H2,58,62)(H2,59,61)(H,60,64);3-7H2,1-2H3,(H2,14,18)(H2,15,17)(H,16,20). The van der Waals surface area contributed by atoms with E-state index in [1.807, 2.05) is 0 Å². The van der Waals surface area contributed by atoms with Gasteiger partial charge in [-0.15, -0.1) is 0 Å². The molecule has 0 aliphatic carbocycles. The summed E-state index contributed by atoms with van der Waals surface area (Å²) in [6.07, 6.45) is 1.26. The van der Waals surface area contributed by atoms with Gasteiger partial charge in [-0.2, -0.15) is 0 Å². The smallest absolute Gasteiger partial charge is 0.273 e. The van der Waals surface area contributed by atoms with E-state index < -0.39 is 11.8 Å². The highest BCUT2D eigenvalue weighted by atomic mass is 16.6. The van der Waals surface area contributed by atoms with Crippen molar-refractivity contribution in [3.8, 4) is 0 Å². The highest BCUT2D eigenvalue weighted by molar-refractivity contribution is 6.02. The molecule has 0 aromatic carbocycles. The molecule has 110 heavy (non-hydrogen) atoms. The van der Waals surface area contributed by atoms with Gasteiger partial charge in [0.2, 0.25) is 0 Å². The van der Waals surface area contributed by atoms with Crippen molar-refractivity contribution in [2.75, 3.05) is 382 Å². The van der Waals surface area contributed by atoms with Gasteiger partial charge in [-0.25, -0.2) is 19.9 Å². The van der Waals surface area contributed by atoms with Crippen LogP contribution in [0.15, 0.2) is 0 Å². The fraction of sp³-hybridized carbons (Fsp3) is 0.829. The zero-order valence-electron chi connectivity index (χ0n) is 65.5. The third kappa shape index (κ3) is 64.0. The van der Waals surface area contributed by atoms with Crippen molar-refractivity contribution in [2.45, 2.75) is 25.7 Å². The van der Waals surface area contributed by atoms with Crippen LogP contribution in [0, 0.1) is 0 Å². The molecule has 640 valence electrons. The molecule has 2 rings (SSSR count). The van der Waals surface area contributed by atoms with Gasteiger partial charge in [0.1, 0.15) is 0 Å². The summed E-state index contributed by atoms with van der Waals surface area (Å²) >= 11 is 0. The highest BCUT2D eigenvalue weighted by Crippen LogP contribution is 2.17. The molecule has 0 saturated carbocycles. The molecule has 0 aliphatic rings. The van der Waals surface area contributed by atoms with Gasteiger partial charge >= 0.3 is 0 Å². The summed E-state index contributed by atoms with van der Waals surface area (Å²) in [6.45, 7) is 22.5. The minimum atomic E-state index is -0.598. The molecule has 0 aliphatic heterocycles. The summed E-state index contributed by atoms with van der Waals surface area (Å²) in [5.74, 6) is -2.44. The first kappa shape index (κ1) is 103. The van der Waals surface area contributed by atoms with E-state index in [2.05, 4.69) is 30.6 Å². The second-order valence-corrected chi connectivity index (χ2v) is 22.4. The maximum absolute atomic E-state index is 12.8. The van der Waals surface area contributed by atoms with Gasteiger partial charge in [0.05, 0.1) is 304 Å². The Labute approximate surface area is 647 Å². The number of carbonyl (C=O) groups excluding carboxylic acids is 4. The van der Waals surface area contributed by atoms with E-state index >= 15 is 0 Å². The van der Waals surface area contributed by atoms with Crippen molar-refractivity contribution < 1.29 is 142 Å². The van der Waals surface area contributed by atoms with Gasteiger partial charge < -0.3 is 157 Å². The Morgan fingerprint density at radius 2 is 0.382 bits per heavy atom. The lowest BCUT2D eigenvalue weighted by atomic mass is 10.1. The number of Topliss-reactive ketones (excluding diaryl/α,β-unsaturated/α-hetero) is 2. The fourth-order valence-corrected chi connectivity index (χ4v) is 8.17. The first-order valence-corrected chi connectivity index (χ1v) is 37.2. The molecule has 0 spiro atoms. The van der Waals surface area contributed by atoms with E-state index in [1.165, 1.54) is 7.11 Å². The molecule has 10 N–H and O–H groups in total. The Balaban J connectivity index is 0.00000234. The molecule has 2 amide bonds. The van der Waals surface area contributed by atoms with Crippen LogP contribution in [0.2, 0.25) is 0 Å². The van der Waals surface area contributed by atoms with Crippen LogP contribution in [-0.4, -0.2) is 402 Å². The summed E-state index contributed by atoms with van der Waals surface area (Å²) < 4.78 is 140. The maximum Gasteiger partial charge on any atom is 0.273 e. The average molecular weight is 1590 g/mol. The Morgan fingerprint density at radius 1 is 0.218 bits per heavy atom. The number of ether oxygens (including phenoxy) is 26. The monoisotopic (exact) mass is 1590 g/mol. The van der Waals surface area contributed by atoms with Gasteiger partial charge in [0.15, 0.2) is 57.6 Å². The number of hydrogen-bond acceptors (Lipinski definition) is 38. The number of nitrogens with two attached hydrogens (primary N) is 4. The summed E-state index contributed by atoms with van der Waals surface area (Å²) in [6, 6.07) is 0. The molecule has 0 bridgehead atoms. The molecule has 40 heteroatoms. The minimum Gasteiger partial charge on any atom is -0.385 e. The number of nitrogens with zero attached hydrogens (tertiary/aromatic N) is 4. The quantitative estimate of drug-likeness (QED) is 0.0363. The molecule has 2 aromatic rings. The van der Waals surface area contributed by atoms with E-state index in [1.54, 1.807) is 21.3 Å². The second-order valence-electron chi connectivity index (χ2n) is 22.4. The minimum absolute atomic E-state index is 0.0259. The molecule has 0 fully saturated rings. The molecule has 2 aromatic heterocycles. The lowest BCUT2D eigenvalue weighted by Crippen LogP contribution is -2.30. The predicted octanol–water partition coefficient (Wildman–Crippen LogP) is -0.382. The van der Waals surface area contributed by atoms with Gasteiger partial charge in [0, 0.05) is 67.6 Å². The number of methoxy groups -OCH3 is 4. The van der Waals surface area contributed by atoms with Gasteiger partial charge in [-0.05, 0) is 12.8 Å². The summed E-state index contributed by atoms with van der Waals surface area (Å²) in [4.78, 5) is 65.3. The number of hydrogen-bond donors (Lipinski definition) is 6. The van der Waals surface area contributed by atoms with Crippen molar-refractivity contribution >= 4 is 46.7 Å². The normalized spacial score (nSPS) is 11.4. The largest absolute Gasteiger partial charge is 0.385 e. The molecule has 0 unspecified atom stereocenters. The number of anilines is 4. The fourth-order valence-electron chi connectivity index (χ4n) is 8.17. The Hall–Kier alpha value is -5.40. The van der Waals surface area contributed by atoms with Crippen molar-refractivity contribution in [1.82, 2.24) is 30.6 Å². The third-order valence-electron chi connectivity index (χ3n) is 13.7. The Bertz CT molecular complexity index is 2290. The average Bonchev–Trinajstić information content (AvgIpc) is 0.828. The van der Waals surface area contributed by atoms with E-state index in [0.29, 0.717) is 330 Å². The van der Waals surface area contributed by atoms with E-state index in [-0.39, 0.29) is 83.6 Å². The second kappa shape index (κ2) is 80.2. The summed E-state index contributed by atoms with van der Waals surface area (Å²) in [5, 5.41) is 5.21. The van der Waals surface area contributed by atoms with Crippen LogP contribution in [0.5, 0.6) is 0 Å². The van der Waals surface area contributed by atoms with E-state index in [0.717, 1.165) is 0 Å². The lowest BCUT2D eigenvalue weighted by molar-refractivity contribution is -0.0280. The number of amides is 2. The van der Waals surface area contributed by atoms with Crippen molar-refractivity contribution in [3.63, 3.8) is 0 Å². The van der Waals surface area contributed by atoms with Crippen molar-refractivity contribution in [1.29, 1.82) is 0 Å². The van der Waals surface area contributed by atoms with Crippen molar-refractivity contribution in [3.05, 3.63) is 22.8 Å². The number of nitrogen functional groups attached to an aromatic ring is 4. The SMILES string of the molecule is COCCCC(=O)c1nc(N)c(C(=O)NCCOC)nc1N.COCCOCCOCCOCCOCCOCCOCCOCCOCCOCCOCCOCCCC(=O)c1nc(N)c(C(=O)NCCOCCOCCOCCOCCOCCOCCOCCOCCOCCOCCOCCOC)nc1N. The van der Waals surface area contributed by atoms with E-state index in [4.69, 9.17) is 146 Å². The molecule has 0 saturated heterocycles. The topological polar surface area (TPSA) is 488 Å². The van der Waals surface area contributed by atoms with Crippen LogP contribution in [0.1, 0.15) is 67.6 Å². The molecule has 0 radical (unpaired) electrons. The van der Waals surface area contributed by atoms with Crippen LogP contribution in [0.4, 0.5) is 23.3 Å². The predicted molar refractivity (Wildman–Crippen MR) is 399 cm³/mol. The van der Waals surface area contributed by atoms with Gasteiger partial charge in [0.25, 0.3) is 11.8 Å². The molecule has 2 heterocycles. The highest BCUT2D eigenvalue weighted by Gasteiger charge is 2.22. The third-order valence-corrected chi connectivity index (χ3v) is 13.7. The maximum atomic E-state index is 12.8. The zero-order chi connectivity index (χ0) is 79.7. The van der Waals surface area contributed by atoms with Crippen LogP contribution < -0.4 is 33.6 Å². The first-order valence-electron chi connectivity index (χ1n) is 37.2.